The Morgan fingerprint density at radius 3 is 2.37 bits per heavy atom. The molecule has 1 aliphatic carbocycles. The smallest absolute Gasteiger partial charge is 0.317 e. The fraction of sp³-hybridized carbons (Fsp3) is 0.571. The van der Waals surface area contributed by atoms with Gasteiger partial charge >= 0.3 is 6.03 Å². The van der Waals surface area contributed by atoms with E-state index in [1.54, 1.807) is 20.3 Å². The Balaban J connectivity index is 1.29. The number of piperidine rings is 2. The van der Waals surface area contributed by atoms with Crippen LogP contribution in [0.5, 0.6) is 0 Å². The summed E-state index contributed by atoms with van der Waals surface area (Å²) in [7, 11) is 3.47. The van der Waals surface area contributed by atoms with Crippen LogP contribution in [0.4, 0.5) is 22.1 Å². The second-order valence-electron chi connectivity index (χ2n) is 11.1. The third-order valence-corrected chi connectivity index (χ3v) is 8.23. The van der Waals surface area contributed by atoms with Crippen molar-refractivity contribution in [2.24, 2.45) is 5.73 Å². The minimum Gasteiger partial charge on any atom is -0.364 e. The number of amides is 3. The largest absolute Gasteiger partial charge is 0.364 e. The number of primary amides is 1. The van der Waals surface area contributed by atoms with Gasteiger partial charge in [-0.1, -0.05) is 12.1 Å². The van der Waals surface area contributed by atoms with Crippen LogP contribution in [0.2, 0.25) is 0 Å². The van der Waals surface area contributed by atoms with Crippen LogP contribution < -0.4 is 21.3 Å². The van der Waals surface area contributed by atoms with Gasteiger partial charge in [0.15, 0.2) is 11.5 Å². The zero-order valence-corrected chi connectivity index (χ0v) is 22.7. The highest BCUT2D eigenvalue weighted by Crippen LogP contribution is 2.35. The molecule has 2 atom stereocenters. The Hall–Kier alpha value is -3.40. The van der Waals surface area contributed by atoms with E-state index in [1.807, 2.05) is 12.1 Å². The van der Waals surface area contributed by atoms with Crippen molar-refractivity contribution >= 4 is 29.3 Å². The molecule has 0 radical (unpaired) electrons. The fourth-order valence-corrected chi connectivity index (χ4v) is 5.75. The molecule has 3 aliphatic rings. The van der Waals surface area contributed by atoms with Gasteiger partial charge < -0.3 is 31.1 Å². The van der Waals surface area contributed by atoms with E-state index in [0.717, 1.165) is 31.1 Å². The zero-order chi connectivity index (χ0) is 26.8. The topological polar surface area (TPSA) is 120 Å². The number of hydrogen-bond acceptors (Lipinski definition) is 7. The van der Waals surface area contributed by atoms with E-state index in [-0.39, 0.29) is 23.8 Å². The number of nitrogens with two attached hydrogens (primary N) is 1. The van der Waals surface area contributed by atoms with Crippen molar-refractivity contribution in [2.75, 3.05) is 43.9 Å². The number of nitrogens with one attached hydrogen (secondary N) is 2. The average Bonchev–Trinajstić information content (AvgIpc) is 3.76. The Morgan fingerprint density at radius 2 is 1.74 bits per heavy atom. The minimum atomic E-state index is -0.631. The highest BCUT2D eigenvalue weighted by molar-refractivity contribution is 5.96. The van der Waals surface area contributed by atoms with Crippen LogP contribution >= 0.6 is 0 Å². The number of rotatable bonds is 7. The maximum atomic E-state index is 12.3. The summed E-state index contributed by atoms with van der Waals surface area (Å²) in [5.74, 6) is 0.943. The molecule has 1 aromatic carbocycles. The van der Waals surface area contributed by atoms with Crippen molar-refractivity contribution in [3.8, 4) is 0 Å². The second-order valence-corrected chi connectivity index (χ2v) is 11.1. The third kappa shape index (κ3) is 5.85. The van der Waals surface area contributed by atoms with Crippen LogP contribution in [0, 0.1) is 0 Å². The van der Waals surface area contributed by atoms with Gasteiger partial charge in [-0.05, 0) is 82.2 Å². The Bertz CT molecular complexity index is 1140. The number of hydrogen-bond donors (Lipinski definition) is 3. The first kappa shape index (κ1) is 26.2. The van der Waals surface area contributed by atoms with Gasteiger partial charge in [0.1, 0.15) is 5.82 Å². The van der Waals surface area contributed by atoms with Gasteiger partial charge in [0.25, 0.3) is 5.91 Å². The molecule has 204 valence electrons. The van der Waals surface area contributed by atoms with Crippen molar-refractivity contribution in [2.45, 2.75) is 69.5 Å². The molecule has 10 heteroatoms. The Labute approximate surface area is 225 Å². The maximum Gasteiger partial charge on any atom is 0.317 e. The minimum absolute atomic E-state index is 0.0137. The zero-order valence-electron chi connectivity index (χ0n) is 22.7. The second kappa shape index (κ2) is 11.1. The molecule has 3 amide bonds. The predicted molar refractivity (Wildman–Crippen MR) is 149 cm³/mol. The molecule has 38 heavy (non-hydrogen) atoms. The van der Waals surface area contributed by atoms with E-state index < -0.39 is 5.91 Å². The quantitative estimate of drug-likeness (QED) is 0.512. The first-order valence-corrected chi connectivity index (χ1v) is 13.8. The first-order chi connectivity index (χ1) is 18.3. The monoisotopic (exact) mass is 520 g/mol. The lowest BCUT2D eigenvalue weighted by atomic mass is 9.89. The average molecular weight is 521 g/mol. The van der Waals surface area contributed by atoms with Crippen molar-refractivity contribution in [3.63, 3.8) is 0 Å². The van der Waals surface area contributed by atoms with Gasteiger partial charge in [0.2, 0.25) is 0 Å². The predicted octanol–water partition coefficient (Wildman–Crippen LogP) is 3.29. The van der Waals surface area contributed by atoms with Crippen molar-refractivity contribution in [1.82, 2.24) is 25.1 Å². The van der Waals surface area contributed by atoms with Crippen LogP contribution in [0.1, 0.15) is 67.4 Å². The SMILES string of the molecule is CC1C(NC(=O)N(C)C)CCCN1c1cnc(C(N)=O)c(Nc2ccc(C3CCN(C4CC4)CC3)cc2)n1. The lowest BCUT2D eigenvalue weighted by molar-refractivity contribution is 0.0996. The molecule has 3 heterocycles. The summed E-state index contributed by atoms with van der Waals surface area (Å²) in [4.78, 5) is 39.9. The van der Waals surface area contributed by atoms with Gasteiger partial charge in [0.05, 0.1) is 12.2 Å². The lowest BCUT2D eigenvalue weighted by Crippen LogP contribution is -2.56. The molecule has 10 nitrogen and oxygen atoms in total. The molecular formula is C28H40N8O2. The van der Waals surface area contributed by atoms with Crippen LogP contribution in [0.3, 0.4) is 0 Å². The van der Waals surface area contributed by atoms with Crippen molar-refractivity contribution in [1.29, 1.82) is 0 Å². The molecule has 1 aromatic heterocycles. The summed E-state index contributed by atoms with van der Waals surface area (Å²) >= 11 is 0. The van der Waals surface area contributed by atoms with Gasteiger partial charge in [-0.3, -0.25) is 4.79 Å². The third-order valence-electron chi connectivity index (χ3n) is 8.23. The van der Waals surface area contributed by atoms with E-state index in [9.17, 15) is 9.59 Å². The Morgan fingerprint density at radius 1 is 1.03 bits per heavy atom. The summed E-state index contributed by atoms with van der Waals surface area (Å²) in [6.07, 6.45) is 8.53. The number of aromatic nitrogens is 2. The van der Waals surface area contributed by atoms with Gasteiger partial charge in [-0.2, -0.15) is 0 Å². The van der Waals surface area contributed by atoms with E-state index >= 15 is 0 Å². The number of urea groups is 1. The van der Waals surface area contributed by atoms with Gasteiger partial charge in [-0.25, -0.2) is 14.8 Å². The van der Waals surface area contributed by atoms with Crippen molar-refractivity contribution in [3.05, 3.63) is 41.7 Å². The molecule has 4 N–H and O–H groups in total. The number of likely N-dealkylation sites (tertiary alicyclic amines) is 1. The molecular weight excluding hydrogens is 480 g/mol. The van der Waals surface area contributed by atoms with E-state index in [2.05, 4.69) is 44.5 Å². The molecule has 0 bridgehead atoms. The van der Waals surface area contributed by atoms with Crippen LogP contribution in [-0.4, -0.2) is 83.6 Å². The lowest BCUT2D eigenvalue weighted by Gasteiger charge is -2.40. The molecule has 2 aliphatic heterocycles. The van der Waals surface area contributed by atoms with Gasteiger partial charge in [0, 0.05) is 38.4 Å². The standard InChI is InChI=1S/C28H40N8O2/c1-18-23(32-28(38)34(2)3)5-4-14-36(18)24-17-30-25(26(29)37)27(33-24)31-21-8-6-19(7-9-21)20-12-15-35(16-13-20)22-10-11-22/h6-9,17-18,20,22-23H,4-5,10-16H2,1-3H3,(H2,29,37)(H,31,33)(H,32,38). The molecule has 2 unspecified atom stereocenters. The highest BCUT2D eigenvalue weighted by atomic mass is 16.2. The molecule has 1 saturated carbocycles. The summed E-state index contributed by atoms with van der Waals surface area (Å²) in [6, 6.07) is 9.15. The molecule has 3 fully saturated rings. The molecule has 0 spiro atoms. The number of carbonyl (C=O) groups excluding carboxylic acids is 2. The number of benzene rings is 1. The summed E-state index contributed by atoms with van der Waals surface area (Å²) in [6.45, 7) is 5.24. The maximum absolute atomic E-state index is 12.3. The summed E-state index contributed by atoms with van der Waals surface area (Å²) in [5, 5.41) is 6.38. The summed E-state index contributed by atoms with van der Waals surface area (Å²) < 4.78 is 0. The molecule has 2 saturated heterocycles. The highest BCUT2D eigenvalue weighted by Gasteiger charge is 2.33. The van der Waals surface area contributed by atoms with E-state index in [0.29, 0.717) is 17.6 Å². The van der Waals surface area contributed by atoms with E-state index in [4.69, 9.17) is 10.7 Å². The fourth-order valence-electron chi connectivity index (χ4n) is 5.75. The van der Waals surface area contributed by atoms with Crippen LogP contribution in [0.15, 0.2) is 30.5 Å². The van der Waals surface area contributed by atoms with Crippen LogP contribution in [0.25, 0.3) is 0 Å². The Kier molecular flexibility index (Phi) is 7.69. The van der Waals surface area contributed by atoms with Crippen LogP contribution in [-0.2, 0) is 0 Å². The first-order valence-electron chi connectivity index (χ1n) is 13.8. The van der Waals surface area contributed by atoms with Crippen molar-refractivity contribution < 1.29 is 9.59 Å². The molecule has 2 aromatic rings. The summed E-state index contributed by atoms with van der Waals surface area (Å²) in [5.41, 5.74) is 7.93. The van der Waals surface area contributed by atoms with Gasteiger partial charge in [-0.15, -0.1) is 0 Å². The number of anilines is 3. The molecule has 5 rings (SSSR count). The van der Waals surface area contributed by atoms with E-state index in [1.165, 1.54) is 49.2 Å². The number of nitrogens with zero attached hydrogens (tertiary/aromatic N) is 5. The normalized spacial score (nSPS) is 22.7. The number of carbonyl (C=O) groups is 2.